The number of anilines is 1. The minimum absolute atomic E-state index is 0.0198. The summed E-state index contributed by atoms with van der Waals surface area (Å²) >= 11 is 2.37. The van der Waals surface area contributed by atoms with Crippen molar-refractivity contribution >= 4 is 40.0 Å². The Kier molecular flexibility index (Phi) is 7.57. The highest BCUT2D eigenvalue weighted by Crippen LogP contribution is 2.36. The standard InChI is InChI=1S/C24H20F2N4O3S2/c1-3-30-21(15-6-10-17(26)11-7-15)28-29-24(30)35-13-19(31)27-22-20(23(32)33-2)18(12-34-22)14-4-8-16(25)9-5-14/h4-12H,3,13H2,1-2H3,(H,27,31). The predicted octanol–water partition coefficient (Wildman–Crippen LogP) is 5.49. The van der Waals surface area contributed by atoms with Crippen molar-refractivity contribution in [1.29, 1.82) is 0 Å². The maximum absolute atomic E-state index is 13.3. The molecule has 11 heteroatoms. The van der Waals surface area contributed by atoms with Gasteiger partial charge >= 0.3 is 5.97 Å². The topological polar surface area (TPSA) is 86.1 Å². The average Bonchev–Trinajstić information content (AvgIpc) is 3.47. The van der Waals surface area contributed by atoms with Crippen LogP contribution in [0.15, 0.2) is 59.1 Å². The van der Waals surface area contributed by atoms with Gasteiger partial charge in [0.05, 0.1) is 12.9 Å². The van der Waals surface area contributed by atoms with Gasteiger partial charge < -0.3 is 14.6 Å². The molecule has 2 aromatic carbocycles. The van der Waals surface area contributed by atoms with Crippen LogP contribution in [-0.2, 0) is 16.1 Å². The molecule has 2 heterocycles. The molecule has 4 aromatic rings. The maximum atomic E-state index is 13.3. The summed E-state index contributed by atoms with van der Waals surface area (Å²) in [6.07, 6.45) is 0. The zero-order chi connectivity index (χ0) is 24.9. The molecular formula is C24H20F2N4O3S2. The van der Waals surface area contributed by atoms with Crippen molar-refractivity contribution < 1.29 is 23.1 Å². The highest BCUT2D eigenvalue weighted by Gasteiger charge is 2.23. The largest absolute Gasteiger partial charge is 0.465 e. The Morgan fingerprint density at radius 1 is 1.03 bits per heavy atom. The second-order valence-corrected chi connectivity index (χ2v) is 9.07. The van der Waals surface area contributed by atoms with Gasteiger partial charge in [0.1, 0.15) is 22.2 Å². The zero-order valence-electron chi connectivity index (χ0n) is 18.7. The highest BCUT2D eigenvalue weighted by molar-refractivity contribution is 7.99. The number of thiophene rings is 1. The number of rotatable bonds is 8. The molecule has 0 saturated carbocycles. The van der Waals surface area contributed by atoms with Crippen LogP contribution in [0.1, 0.15) is 17.3 Å². The third-order valence-corrected chi connectivity index (χ3v) is 6.92. The number of ether oxygens (including phenoxy) is 1. The third-order valence-electron chi connectivity index (χ3n) is 5.06. The van der Waals surface area contributed by atoms with Gasteiger partial charge in [-0.15, -0.1) is 21.5 Å². The monoisotopic (exact) mass is 514 g/mol. The lowest BCUT2D eigenvalue weighted by Crippen LogP contribution is -2.16. The summed E-state index contributed by atoms with van der Waals surface area (Å²) in [6.45, 7) is 2.48. The molecule has 0 atom stereocenters. The van der Waals surface area contributed by atoms with Gasteiger partial charge in [0.15, 0.2) is 11.0 Å². The van der Waals surface area contributed by atoms with Crippen LogP contribution in [0.3, 0.4) is 0 Å². The number of benzene rings is 2. The summed E-state index contributed by atoms with van der Waals surface area (Å²) in [7, 11) is 1.26. The van der Waals surface area contributed by atoms with Crippen LogP contribution in [0, 0.1) is 11.6 Å². The van der Waals surface area contributed by atoms with Crippen molar-refractivity contribution in [3.05, 3.63) is 71.1 Å². The lowest BCUT2D eigenvalue weighted by Gasteiger charge is -2.09. The van der Waals surface area contributed by atoms with Gasteiger partial charge in [0.25, 0.3) is 0 Å². The second kappa shape index (κ2) is 10.8. The summed E-state index contributed by atoms with van der Waals surface area (Å²) in [4.78, 5) is 25.2. The van der Waals surface area contributed by atoms with E-state index in [-0.39, 0.29) is 23.0 Å². The van der Waals surface area contributed by atoms with Gasteiger partial charge in [0.2, 0.25) is 5.91 Å². The van der Waals surface area contributed by atoms with E-state index in [1.807, 2.05) is 11.5 Å². The molecular weight excluding hydrogens is 494 g/mol. The number of hydrogen-bond acceptors (Lipinski definition) is 7. The molecule has 0 aliphatic heterocycles. The molecule has 0 unspecified atom stereocenters. The molecule has 0 aliphatic carbocycles. The van der Waals surface area contributed by atoms with Crippen molar-refractivity contribution in [1.82, 2.24) is 14.8 Å². The first kappa shape index (κ1) is 24.6. The smallest absolute Gasteiger partial charge is 0.341 e. The number of carbonyl (C=O) groups is 2. The van der Waals surface area contributed by atoms with Crippen LogP contribution in [-0.4, -0.2) is 39.5 Å². The Labute approximate surface area is 208 Å². The highest BCUT2D eigenvalue weighted by atomic mass is 32.2. The molecule has 7 nitrogen and oxygen atoms in total. The van der Waals surface area contributed by atoms with Gasteiger partial charge in [-0.25, -0.2) is 13.6 Å². The van der Waals surface area contributed by atoms with Crippen LogP contribution in [0.5, 0.6) is 0 Å². The molecule has 4 rings (SSSR count). The van der Waals surface area contributed by atoms with Crippen molar-refractivity contribution in [2.45, 2.75) is 18.6 Å². The molecule has 0 saturated heterocycles. The molecule has 0 bridgehead atoms. The van der Waals surface area contributed by atoms with Gasteiger partial charge in [-0.2, -0.15) is 0 Å². The zero-order valence-corrected chi connectivity index (χ0v) is 20.4. The molecule has 0 fully saturated rings. The number of halogens is 2. The van der Waals surface area contributed by atoms with E-state index in [1.54, 1.807) is 29.6 Å². The summed E-state index contributed by atoms with van der Waals surface area (Å²) in [5, 5.41) is 13.7. The van der Waals surface area contributed by atoms with Gasteiger partial charge in [-0.3, -0.25) is 4.79 Å². The Balaban J connectivity index is 1.50. The minimum atomic E-state index is -0.608. The Bertz CT molecular complexity index is 1350. The molecule has 1 amide bonds. The van der Waals surface area contributed by atoms with E-state index in [9.17, 15) is 18.4 Å². The fourth-order valence-electron chi connectivity index (χ4n) is 3.38. The molecule has 180 valence electrons. The molecule has 1 N–H and O–H groups in total. The summed E-state index contributed by atoms with van der Waals surface area (Å²) in [5.74, 6) is -1.09. The number of amides is 1. The van der Waals surface area contributed by atoms with Crippen LogP contribution in [0.25, 0.3) is 22.5 Å². The van der Waals surface area contributed by atoms with Crippen molar-refractivity contribution in [2.24, 2.45) is 0 Å². The fraction of sp³-hybridized carbons (Fsp3) is 0.167. The quantitative estimate of drug-likeness (QED) is 0.247. The normalized spacial score (nSPS) is 10.9. The summed E-state index contributed by atoms with van der Waals surface area (Å²) in [5.41, 5.74) is 2.09. The predicted molar refractivity (Wildman–Crippen MR) is 131 cm³/mol. The fourth-order valence-corrected chi connectivity index (χ4v) is 5.16. The molecule has 0 radical (unpaired) electrons. The Morgan fingerprint density at radius 3 is 2.26 bits per heavy atom. The van der Waals surface area contributed by atoms with E-state index in [2.05, 4.69) is 15.5 Å². The number of carbonyl (C=O) groups excluding carboxylic acids is 2. The molecule has 0 spiro atoms. The third kappa shape index (κ3) is 5.41. The minimum Gasteiger partial charge on any atom is -0.465 e. The van der Waals surface area contributed by atoms with E-state index < -0.39 is 11.8 Å². The van der Waals surface area contributed by atoms with Gasteiger partial charge in [-0.05, 0) is 48.9 Å². The maximum Gasteiger partial charge on any atom is 0.341 e. The second-order valence-electron chi connectivity index (χ2n) is 7.25. The summed E-state index contributed by atoms with van der Waals surface area (Å²) < 4.78 is 33.3. The van der Waals surface area contributed by atoms with Gasteiger partial charge in [-0.1, -0.05) is 23.9 Å². The number of esters is 1. The van der Waals surface area contributed by atoms with Crippen LogP contribution in [0.2, 0.25) is 0 Å². The Hall–Kier alpha value is -3.57. The van der Waals surface area contributed by atoms with E-state index in [0.717, 1.165) is 0 Å². The average molecular weight is 515 g/mol. The van der Waals surface area contributed by atoms with Crippen LogP contribution < -0.4 is 5.32 Å². The number of thioether (sulfide) groups is 1. The molecule has 2 aromatic heterocycles. The van der Waals surface area contributed by atoms with E-state index in [1.165, 1.54) is 54.5 Å². The molecule has 0 aliphatic rings. The number of hydrogen-bond donors (Lipinski definition) is 1. The summed E-state index contributed by atoms with van der Waals surface area (Å²) in [6, 6.07) is 11.7. The number of methoxy groups -OCH3 is 1. The first-order chi connectivity index (χ1) is 16.9. The first-order valence-electron chi connectivity index (χ1n) is 10.5. The lowest BCUT2D eigenvalue weighted by molar-refractivity contribution is -0.113. The van der Waals surface area contributed by atoms with Crippen molar-refractivity contribution in [3.63, 3.8) is 0 Å². The van der Waals surface area contributed by atoms with E-state index in [0.29, 0.717) is 39.2 Å². The van der Waals surface area contributed by atoms with E-state index >= 15 is 0 Å². The number of nitrogens with one attached hydrogen (secondary N) is 1. The SMILES string of the molecule is CCn1c(SCC(=O)Nc2scc(-c3ccc(F)cc3)c2C(=O)OC)nnc1-c1ccc(F)cc1. The van der Waals surface area contributed by atoms with E-state index in [4.69, 9.17) is 4.74 Å². The number of aromatic nitrogens is 3. The van der Waals surface area contributed by atoms with Crippen molar-refractivity contribution in [3.8, 4) is 22.5 Å². The Morgan fingerprint density at radius 2 is 1.66 bits per heavy atom. The van der Waals surface area contributed by atoms with Crippen LogP contribution in [0.4, 0.5) is 13.8 Å². The lowest BCUT2D eigenvalue weighted by atomic mass is 10.0. The molecule has 35 heavy (non-hydrogen) atoms. The first-order valence-corrected chi connectivity index (χ1v) is 12.3. The number of nitrogens with zero attached hydrogens (tertiary/aromatic N) is 3. The van der Waals surface area contributed by atoms with Crippen LogP contribution >= 0.6 is 23.1 Å². The van der Waals surface area contributed by atoms with Crippen molar-refractivity contribution in [2.75, 3.05) is 18.2 Å². The van der Waals surface area contributed by atoms with Gasteiger partial charge in [0, 0.05) is 23.1 Å².